The van der Waals surface area contributed by atoms with Gasteiger partial charge in [-0.2, -0.15) is 0 Å². The molecule has 0 radical (unpaired) electrons. The lowest BCUT2D eigenvalue weighted by Crippen LogP contribution is -1.92. The van der Waals surface area contributed by atoms with E-state index in [0.29, 0.717) is 17.2 Å². The van der Waals surface area contributed by atoms with E-state index in [9.17, 15) is 10.1 Å². The number of nitrogens with zero attached hydrogens (tertiary/aromatic N) is 5. The molecule has 0 atom stereocenters. The predicted octanol–water partition coefficient (Wildman–Crippen LogP) is 2.58. The fraction of sp³-hybridized carbons (Fsp3) is 0.0714. The van der Waals surface area contributed by atoms with E-state index >= 15 is 0 Å². The zero-order chi connectivity index (χ0) is 15.5. The summed E-state index contributed by atoms with van der Waals surface area (Å²) in [7, 11) is 1.87. The number of pyridine rings is 2. The second-order valence-corrected chi connectivity index (χ2v) is 4.51. The number of imidazole rings is 1. The maximum atomic E-state index is 10.6. The Hall–Kier alpha value is -3.29. The molecular weight excluding hydrogens is 286 g/mol. The van der Waals surface area contributed by atoms with Gasteiger partial charge in [0.05, 0.1) is 12.0 Å². The van der Waals surface area contributed by atoms with Crippen LogP contribution in [0.3, 0.4) is 0 Å². The summed E-state index contributed by atoms with van der Waals surface area (Å²) in [6, 6.07) is 6.21. The number of ether oxygens (including phenoxy) is 1. The summed E-state index contributed by atoms with van der Waals surface area (Å²) in [5, 5.41) is 10.6. The van der Waals surface area contributed by atoms with Crippen molar-refractivity contribution in [2.24, 2.45) is 7.05 Å². The molecule has 8 nitrogen and oxygen atoms in total. The highest BCUT2D eigenvalue weighted by Gasteiger charge is 2.09. The zero-order valence-corrected chi connectivity index (χ0v) is 11.6. The van der Waals surface area contributed by atoms with Gasteiger partial charge in [0.15, 0.2) is 11.9 Å². The molecule has 3 rings (SSSR count). The molecule has 0 amide bonds. The summed E-state index contributed by atoms with van der Waals surface area (Å²) in [5.41, 5.74) is 1.41. The highest BCUT2D eigenvalue weighted by molar-refractivity contribution is 5.55. The van der Waals surface area contributed by atoms with E-state index in [1.807, 2.05) is 17.8 Å². The minimum absolute atomic E-state index is 0.226. The van der Waals surface area contributed by atoms with Crippen LogP contribution in [-0.2, 0) is 7.05 Å². The van der Waals surface area contributed by atoms with Crippen LogP contribution in [0.15, 0.2) is 49.2 Å². The van der Waals surface area contributed by atoms with Crippen LogP contribution in [0.2, 0.25) is 0 Å². The van der Waals surface area contributed by atoms with Gasteiger partial charge in [-0.15, -0.1) is 0 Å². The third-order valence-electron chi connectivity index (χ3n) is 2.84. The Morgan fingerprint density at radius 3 is 2.64 bits per heavy atom. The van der Waals surface area contributed by atoms with Gasteiger partial charge in [0.2, 0.25) is 0 Å². The van der Waals surface area contributed by atoms with Crippen molar-refractivity contribution in [1.82, 2.24) is 19.5 Å². The molecule has 0 bridgehead atoms. The molecule has 0 fully saturated rings. The first-order valence-electron chi connectivity index (χ1n) is 6.34. The molecule has 3 heterocycles. The Bertz CT molecular complexity index is 813. The largest absolute Gasteiger partial charge is 0.453 e. The van der Waals surface area contributed by atoms with Crippen LogP contribution >= 0.6 is 0 Å². The SMILES string of the molecule is Cn1cnc(-c2cc(Oc3ccc([N+](=O)[O-])nc3)ccn2)c1. The van der Waals surface area contributed by atoms with Crippen LogP contribution in [0.4, 0.5) is 5.82 Å². The summed E-state index contributed by atoms with van der Waals surface area (Å²) in [5.74, 6) is 0.728. The van der Waals surface area contributed by atoms with E-state index in [1.54, 1.807) is 24.7 Å². The molecule has 0 aliphatic rings. The Balaban J connectivity index is 1.82. The molecule has 0 aliphatic heterocycles. The van der Waals surface area contributed by atoms with Crippen LogP contribution in [0.1, 0.15) is 0 Å². The van der Waals surface area contributed by atoms with Gasteiger partial charge in [-0.25, -0.2) is 4.98 Å². The first-order chi connectivity index (χ1) is 10.6. The van der Waals surface area contributed by atoms with Crippen molar-refractivity contribution in [1.29, 1.82) is 0 Å². The topological polar surface area (TPSA) is 96.0 Å². The third kappa shape index (κ3) is 2.90. The van der Waals surface area contributed by atoms with E-state index < -0.39 is 4.92 Å². The molecule has 0 saturated heterocycles. The smallest absolute Gasteiger partial charge is 0.363 e. The van der Waals surface area contributed by atoms with Crippen LogP contribution < -0.4 is 4.74 Å². The maximum absolute atomic E-state index is 10.6. The zero-order valence-electron chi connectivity index (χ0n) is 11.6. The van der Waals surface area contributed by atoms with Crippen LogP contribution in [0.25, 0.3) is 11.4 Å². The van der Waals surface area contributed by atoms with Gasteiger partial charge in [0.1, 0.15) is 11.4 Å². The van der Waals surface area contributed by atoms with Crippen molar-refractivity contribution >= 4 is 5.82 Å². The molecule has 0 saturated carbocycles. The molecule has 0 aromatic carbocycles. The summed E-state index contributed by atoms with van der Waals surface area (Å²) in [6.07, 6.45) is 6.45. The van der Waals surface area contributed by atoms with E-state index in [0.717, 1.165) is 5.69 Å². The molecule has 0 N–H and O–H groups in total. The molecule has 8 heteroatoms. The normalized spacial score (nSPS) is 10.4. The molecule has 3 aromatic rings. The first-order valence-corrected chi connectivity index (χ1v) is 6.34. The van der Waals surface area contributed by atoms with Gasteiger partial charge in [-0.1, -0.05) is 0 Å². The van der Waals surface area contributed by atoms with Gasteiger partial charge in [0, 0.05) is 31.6 Å². The van der Waals surface area contributed by atoms with Crippen LogP contribution in [0, 0.1) is 10.1 Å². The van der Waals surface area contributed by atoms with Gasteiger partial charge in [-0.05, 0) is 22.0 Å². The number of hydrogen-bond donors (Lipinski definition) is 0. The van der Waals surface area contributed by atoms with Crippen molar-refractivity contribution < 1.29 is 9.66 Å². The minimum Gasteiger partial charge on any atom is -0.453 e. The number of hydrogen-bond acceptors (Lipinski definition) is 6. The highest BCUT2D eigenvalue weighted by Crippen LogP contribution is 2.25. The summed E-state index contributed by atoms with van der Waals surface area (Å²) in [4.78, 5) is 22.2. The molecule has 22 heavy (non-hydrogen) atoms. The van der Waals surface area contributed by atoms with Crippen LogP contribution in [0.5, 0.6) is 11.5 Å². The second kappa shape index (κ2) is 5.60. The lowest BCUT2D eigenvalue weighted by atomic mass is 10.3. The Labute approximate surface area is 125 Å². The van der Waals surface area contributed by atoms with Crippen molar-refractivity contribution in [3.05, 3.63) is 59.3 Å². The Morgan fingerprint density at radius 1 is 1.14 bits per heavy atom. The molecule has 0 unspecified atom stereocenters. The summed E-state index contributed by atoms with van der Waals surface area (Å²) in [6.45, 7) is 0. The summed E-state index contributed by atoms with van der Waals surface area (Å²) >= 11 is 0. The molecule has 3 aromatic heterocycles. The number of aryl methyl sites for hydroxylation is 1. The van der Waals surface area contributed by atoms with E-state index in [-0.39, 0.29) is 5.82 Å². The molecular formula is C14H11N5O3. The minimum atomic E-state index is -0.560. The van der Waals surface area contributed by atoms with E-state index in [1.165, 1.54) is 18.3 Å². The highest BCUT2D eigenvalue weighted by atomic mass is 16.6. The van der Waals surface area contributed by atoms with Crippen molar-refractivity contribution in [2.75, 3.05) is 0 Å². The van der Waals surface area contributed by atoms with Gasteiger partial charge < -0.3 is 19.4 Å². The van der Waals surface area contributed by atoms with Crippen LogP contribution in [-0.4, -0.2) is 24.4 Å². The van der Waals surface area contributed by atoms with E-state index in [2.05, 4.69) is 15.0 Å². The first kappa shape index (κ1) is 13.7. The van der Waals surface area contributed by atoms with Crippen molar-refractivity contribution in [3.8, 4) is 22.9 Å². The summed E-state index contributed by atoms with van der Waals surface area (Å²) < 4.78 is 7.45. The second-order valence-electron chi connectivity index (χ2n) is 4.51. The maximum Gasteiger partial charge on any atom is 0.363 e. The lowest BCUT2D eigenvalue weighted by molar-refractivity contribution is -0.389. The van der Waals surface area contributed by atoms with Gasteiger partial charge in [0.25, 0.3) is 0 Å². The standard InChI is InChI=1S/C14H11N5O3/c1-18-8-13(17-9-18)12-6-10(4-5-15-12)22-11-2-3-14(16-7-11)19(20)21/h2-9H,1H3. The van der Waals surface area contributed by atoms with Gasteiger partial charge >= 0.3 is 5.82 Å². The number of nitro groups is 1. The monoisotopic (exact) mass is 297 g/mol. The third-order valence-corrected chi connectivity index (χ3v) is 2.84. The fourth-order valence-corrected chi connectivity index (χ4v) is 1.84. The Morgan fingerprint density at radius 2 is 2.00 bits per heavy atom. The van der Waals surface area contributed by atoms with E-state index in [4.69, 9.17) is 4.74 Å². The van der Waals surface area contributed by atoms with Crippen molar-refractivity contribution in [2.45, 2.75) is 0 Å². The lowest BCUT2D eigenvalue weighted by Gasteiger charge is -2.04. The fourth-order valence-electron chi connectivity index (χ4n) is 1.84. The number of rotatable bonds is 4. The number of aromatic nitrogens is 4. The molecule has 110 valence electrons. The predicted molar refractivity (Wildman–Crippen MR) is 77.4 cm³/mol. The molecule has 0 spiro atoms. The van der Waals surface area contributed by atoms with Crippen molar-refractivity contribution in [3.63, 3.8) is 0 Å². The Kier molecular flexibility index (Phi) is 3.48. The quantitative estimate of drug-likeness (QED) is 0.542. The van der Waals surface area contributed by atoms with Gasteiger partial charge in [-0.3, -0.25) is 4.98 Å². The average Bonchev–Trinajstić information content (AvgIpc) is 2.95. The molecule has 0 aliphatic carbocycles. The average molecular weight is 297 g/mol.